The SMILES string of the molecule is CO[Si](CC(F)C(F)C(F)C(F)F)(OC)OC. The van der Waals surface area contributed by atoms with E-state index in [1.807, 2.05) is 0 Å². The minimum Gasteiger partial charge on any atom is -0.377 e. The predicted octanol–water partition coefficient (Wildman–Crippen LogP) is 2.14. The summed E-state index contributed by atoms with van der Waals surface area (Å²) in [7, 11) is 0.00556. The van der Waals surface area contributed by atoms with Gasteiger partial charge in [0.15, 0.2) is 12.3 Å². The molecule has 0 aromatic rings. The molecule has 17 heavy (non-hydrogen) atoms. The Morgan fingerprint density at radius 2 is 1.24 bits per heavy atom. The first-order chi connectivity index (χ1) is 7.83. The second kappa shape index (κ2) is 7.24. The lowest BCUT2D eigenvalue weighted by molar-refractivity contribution is -0.0233. The summed E-state index contributed by atoms with van der Waals surface area (Å²) in [6.07, 6.45) is -12.2. The molecule has 3 nitrogen and oxygen atoms in total. The van der Waals surface area contributed by atoms with Crippen molar-refractivity contribution in [3.63, 3.8) is 0 Å². The van der Waals surface area contributed by atoms with Crippen LogP contribution in [0.25, 0.3) is 0 Å². The van der Waals surface area contributed by atoms with Crippen molar-refractivity contribution in [3.05, 3.63) is 0 Å². The normalized spacial score (nSPS) is 18.2. The lowest BCUT2D eigenvalue weighted by Gasteiger charge is -2.27. The number of hydrogen-bond acceptors (Lipinski definition) is 3. The maximum atomic E-state index is 13.3. The van der Waals surface area contributed by atoms with Crippen LogP contribution in [0.4, 0.5) is 22.0 Å². The Balaban J connectivity index is 4.55. The Morgan fingerprint density at radius 1 is 0.824 bits per heavy atom. The summed E-state index contributed by atoms with van der Waals surface area (Å²) in [6, 6.07) is -0.731. The smallest absolute Gasteiger partial charge is 0.377 e. The van der Waals surface area contributed by atoms with Gasteiger partial charge in [0.1, 0.15) is 6.17 Å². The lowest BCUT2D eigenvalue weighted by atomic mass is 10.2. The first-order valence-corrected chi connectivity index (χ1v) is 6.62. The van der Waals surface area contributed by atoms with Gasteiger partial charge in [0.2, 0.25) is 0 Å². The Kier molecular flexibility index (Phi) is 7.13. The number of alkyl halides is 5. The molecule has 0 saturated heterocycles. The van der Waals surface area contributed by atoms with Gasteiger partial charge in [-0.05, 0) is 0 Å². The van der Waals surface area contributed by atoms with Crippen molar-refractivity contribution in [2.75, 3.05) is 21.3 Å². The molecule has 0 N–H and O–H groups in total. The molecule has 0 aromatic heterocycles. The first-order valence-electron chi connectivity index (χ1n) is 4.69. The van der Waals surface area contributed by atoms with Crippen molar-refractivity contribution in [2.45, 2.75) is 31.0 Å². The predicted molar refractivity (Wildman–Crippen MR) is 52.3 cm³/mol. The molecule has 0 rings (SSSR count). The van der Waals surface area contributed by atoms with Crippen molar-refractivity contribution in [1.29, 1.82) is 0 Å². The van der Waals surface area contributed by atoms with Crippen LogP contribution in [-0.2, 0) is 13.3 Å². The van der Waals surface area contributed by atoms with E-state index in [1.54, 1.807) is 0 Å². The van der Waals surface area contributed by atoms with Crippen LogP contribution in [0.5, 0.6) is 0 Å². The summed E-state index contributed by atoms with van der Waals surface area (Å²) in [5.41, 5.74) is 0. The fraction of sp³-hybridized carbons (Fsp3) is 1.00. The summed E-state index contributed by atoms with van der Waals surface area (Å²) in [5, 5.41) is 0. The highest BCUT2D eigenvalue weighted by Crippen LogP contribution is 2.25. The zero-order valence-corrected chi connectivity index (χ0v) is 10.6. The molecular formula is C8H15F5O3Si. The van der Waals surface area contributed by atoms with Crippen LogP contribution >= 0.6 is 0 Å². The van der Waals surface area contributed by atoms with Crippen LogP contribution in [0.3, 0.4) is 0 Å². The number of halogens is 5. The van der Waals surface area contributed by atoms with Crippen molar-refractivity contribution in [3.8, 4) is 0 Å². The van der Waals surface area contributed by atoms with E-state index in [2.05, 4.69) is 0 Å². The highest BCUT2D eigenvalue weighted by atomic mass is 28.4. The lowest BCUT2D eigenvalue weighted by Crippen LogP contribution is -2.48. The Labute approximate surface area is 97.2 Å². The second-order valence-corrected chi connectivity index (χ2v) is 6.24. The fourth-order valence-electron chi connectivity index (χ4n) is 1.19. The van der Waals surface area contributed by atoms with E-state index >= 15 is 0 Å². The van der Waals surface area contributed by atoms with Gasteiger partial charge in [0, 0.05) is 21.3 Å². The number of hydrogen-bond donors (Lipinski definition) is 0. The Morgan fingerprint density at radius 3 is 1.53 bits per heavy atom. The van der Waals surface area contributed by atoms with Crippen LogP contribution < -0.4 is 0 Å². The van der Waals surface area contributed by atoms with Crippen LogP contribution in [0.15, 0.2) is 0 Å². The topological polar surface area (TPSA) is 27.7 Å². The molecule has 0 fully saturated rings. The third-order valence-corrected chi connectivity index (χ3v) is 5.02. The zero-order chi connectivity index (χ0) is 13.6. The van der Waals surface area contributed by atoms with Gasteiger partial charge in [-0.1, -0.05) is 0 Å². The van der Waals surface area contributed by atoms with Crippen LogP contribution in [0.1, 0.15) is 0 Å². The molecule has 0 aliphatic heterocycles. The summed E-state index contributed by atoms with van der Waals surface area (Å²) in [5.74, 6) is 0. The van der Waals surface area contributed by atoms with E-state index in [9.17, 15) is 22.0 Å². The molecule has 0 aromatic carbocycles. The maximum Gasteiger partial charge on any atom is 0.503 e. The van der Waals surface area contributed by atoms with Crippen molar-refractivity contribution in [1.82, 2.24) is 0 Å². The molecule has 9 heteroatoms. The molecule has 0 aliphatic carbocycles. The molecule has 104 valence electrons. The number of rotatable bonds is 8. The molecule has 0 bridgehead atoms. The van der Waals surface area contributed by atoms with Crippen molar-refractivity contribution >= 4 is 8.80 Å². The Hall–Kier alpha value is -0.253. The van der Waals surface area contributed by atoms with Gasteiger partial charge in [0.25, 0.3) is 6.43 Å². The highest BCUT2D eigenvalue weighted by molar-refractivity contribution is 6.60. The van der Waals surface area contributed by atoms with Gasteiger partial charge < -0.3 is 13.3 Å². The third kappa shape index (κ3) is 4.49. The molecule has 0 radical (unpaired) electrons. The minimum absolute atomic E-state index is 0.731. The van der Waals surface area contributed by atoms with E-state index in [1.165, 1.54) is 0 Å². The average molecular weight is 282 g/mol. The van der Waals surface area contributed by atoms with Crippen LogP contribution in [-0.4, -0.2) is 55.1 Å². The fourth-order valence-corrected chi connectivity index (χ4v) is 2.89. The molecular weight excluding hydrogens is 267 g/mol. The van der Waals surface area contributed by atoms with E-state index in [0.29, 0.717) is 0 Å². The molecule has 3 unspecified atom stereocenters. The summed E-state index contributed by atoms with van der Waals surface area (Å²) in [4.78, 5) is 0. The van der Waals surface area contributed by atoms with Crippen molar-refractivity contribution < 1.29 is 35.2 Å². The second-order valence-electron chi connectivity index (χ2n) is 3.24. The molecule has 0 amide bonds. The van der Waals surface area contributed by atoms with Crippen LogP contribution in [0.2, 0.25) is 6.04 Å². The van der Waals surface area contributed by atoms with Gasteiger partial charge >= 0.3 is 8.80 Å². The van der Waals surface area contributed by atoms with Gasteiger partial charge in [-0.2, -0.15) is 0 Å². The molecule has 0 saturated carbocycles. The molecule has 0 spiro atoms. The van der Waals surface area contributed by atoms with E-state index in [4.69, 9.17) is 13.3 Å². The van der Waals surface area contributed by atoms with E-state index < -0.39 is 39.8 Å². The van der Waals surface area contributed by atoms with Crippen LogP contribution in [0, 0.1) is 0 Å². The van der Waals surface area contributed by atoms with E-state index in [-0.39, 0.29) is 0 Å². The Bertz CT molecular complexity index is 209. The third-order valence-electron chi connectivity index (χ3n) is 2.27. The van der Waals surface area contributed by atoms with Crippen molar-refractivity contribution in [2.24, 2.45) is 0 Å². The first kappa shape index (κ1) is 16.7. The zero-order valence-electron chi connectivity index (χ0n) is 9.63. The monoisotopic (exact) mass is 282 g/mol. The van der Waals surface area contributed by atoms with E-state index in [0.717, 1.165) is 21.3 Å². The summed E-state index contributed by atoms with van der Waals surface area (Å²) in [6.45, 7) is 0. The van der Waals surface area contributed by atoms with Gasteiger partial charge in [0.05, 0.1) is 6.04 Å². The quantitative estimate of drug-likeness (QED) is 0.504. The molecule has 3 atom stereocenters. The van der Waals surface area contributed by atoms with Gasteiger partial charge in [-0.3, -0.25) is 0 Å². The maximum absolute atomic E-state index is 13.3. The van der Waals surface area contributed by atoms with Gasteiger partial charge in [-0.15, -0.1) is 0 Å². The summed E-state index contributed by atoms with van der Waals surface area (Å²) < 4.78 is 76.9. The standard InChI is InChI=1S/C8H15F5O3Si/c1-14-17(15-2,16-3)4-5(9)6(10)7(11)8(12)13/h5-8H,4H2,1-3H3. The average Bonchev–Trinajstić information content (AvgIpc) is 2.33. The summed E-state index contributed by atoms with van der Waals surface area (Å²) >= 11 is 0. The molecule has 0 aliphatic rings. The van der Waals surface area contributed by atoms with Gasteiger partial charge in [-0.25, -0.2) is 22.0 Å². The molecule has 0 heterocycles. The largest absolute Gasteiger partial charge is 0.503 e. The highest BCUT2D eigenvalue weighted by Gasteiger charge is 2.46. The minimum atomic E-state index is -3.58.